The number of nitrogens with one attached hydrogen (secondary N) is 2. The van der Waals surface area contributed by atoms with Crippen LogP contribution in [-0.4, -0.2) is 30.3 Å². The zero-order valence-electron chi connectivity index (χ0n) is 19.9. The van der Waals surface area contributed by atoms with Gasteiger partial charge >= 0.3 is 5.97 Å². The van der Waals surface area contributed by atoms with E-state index in [1.165, 1.54) is 30.3 Å². The SMILES string of the molecule is CCCOC(=O)c1cccc(NC(=O)c2cccc(NC3=C(Cl)C(=O)N(c4ccc(Cl)cc4Cl)C3=O)c2)c1. The predicted molar refractivity (Wildman–Crippen MR) is 147 cm³/mol. The molecule has 0 fully saturated rings. The fraction of sp³-hybridized carbons (Fsp3) is 0.111. The van der Waals surface area contributed by atoms with E-state index < -0.39 is 23.7 Å². The van der Waals surface area contributed by atoms with E-state index in [1.807, 2.05) is 6.92 Å². The first kappa shape index (κ1) is 27.2. The summed E-state index contributed by atoms with van der Waals surface area (Å²) in [6, 6.07) is 17.0. The Bertz CT molecular complexity index is 1490. The second kappa shape index (κ2) is 11.7. The van der Waals surface area contributed by atoms with Gasteiger partial charge in [0.15, 0.2) is 0 Å². The third-order valence-corrected chi connectivity index (χ3v) is 6.25. The fourth-order valence-electron chi connectivity index (χ4n) is 3.58. The maximum Gasteiger partial charge on any atom is 0.338 e. The van der Waals surface area contributed by atoms with Crippen molar-refractivity contribution in [3.05, 3.63) is 98.6 Å². The van der Waals surface area contributed by atoms with Crippen LogP contribution >= 0.6 is 34.8 Å². The lowest BCUT2D eigenvalue weighted by molar-refractivity contribution is -0.120. The average molecular weight is 573 g/mol. The van der Waals surface area contributed by atoms with E-state index in [4.69, 9.17) is 39.5 Å². The molecule has 0 aromatic heterocycles. The monoisotopic (exact) mass is 571 g/mol. The number of imide groups is 1. The third kappa shape index (κ3) is 5.83. The van der Waals surface area contributed by atoms with Crippen molar-refractivity contribution in [3.63, 3.8) is 0 Å². The third-order valence-electron chi connectivity index (χ3n) is 5.37. The minimum Gasteiger partial charge on any atom is -0.462 e. The highest BCUT2D eigenvalue weighted by Crippen LogP contribution is 2.35. The van der Waals surface area contributed by atoms with Gasteiger partial charge in [-0.15, -0.1) is 0 Å². The molecule has 11 heteroatoms. The number of nitrogens with zero attached hydrogens (tertiary/aromatic N) is 1. The molecule has 0 aliphatic carbocycles. The summed E-state index contributed by atoms with van der Waals surface area (Å²) >= 11 is 18.3. The quantitative estimate of drug-likeness (QED) is 0.244. The van der Waals surface area contributed by atoms with Crippen molar-refractivity contribution in [2.45, 2.75) is 13.3 Å². The number of rotatable bonds is 8. The Kier molecular flexibility index (Phi) is 8.36. The van der Waals surface area contributed by atoms with Crippen molar-refractivity contribution in [2.24, 2.45) is 0 Å². The van der Waals surface area contributed by atoms with Crippen LogP contribution in [-0.2, 0) is 14.3 Å². The lowest BCUT2D eigenvalue weighted by atomic mass is 10.1. The number of esters is 1. The maximum atomic E-state index is 13.1. The van der Waals surface area contributed by atoms with Gasteiger partial charge in [0.1, 0.15) is 10.7 Å². The van der Waals surface area contributed by atoms with Gasteiger partial charge in [0.25, 0.3) is 17.7 Å². The van der Waals surface area contributed by atoms with E-state index in [2.05, 4.69) is 10.6 Å². The maximum absolute atomic E-state index is 13.1. The number of anilines is 3. The topological polar surface area (TPSA) is 105 Å². The van der Waals surface area contributed by atoms with E-state index in [1.54, 1.807) is 36.4 Å². The van der Waals surface area contributed by atoms with Gasteiger partial charge in [-0.05, 0) is 61.0 Å². The summed E-state index contributed by atoms with van der Waals surface area (Å²) in [7, 11) is 0. The van der Waals surface area contributed by atoms with Gasteiger partial charge in [0.2, 0.25) is 0 Å². The van der Waals surface area contributed by atoms with Crippen LogP contribution in [0.4, 0.5) is 17.1 Å². The molecule has 194 valence electrons. The first-order valence-corrected chi connectivity index (χ1v) is 12.5. The molecule has 8 nitrogen and oxygen atoms in total. The average Bonchev–Trinajstić information content (AvgIpc) is 3.10. The molecule has 0 saturated heterocycles. The molecule has 1 aliphatic rings. The van der Waals surface area contributed by atoms with E-state index >= 15 is 0 Å². The van der Waals surface area contributed by atoms with Crippen LogP contribution in [0.5, 0.6) is 0 Å². The van der Waals surface area contributed by atoms with Gasteiger partial charge in [0, 0.05) is 22.0 Å². The summed E-state index contributed by atoms with van der Waals surface area (Å²) < 4.78 is 5.13. The summed E-state index contributed by atoms with van der Waals surface area (Å²) in [6.45, 7) is 2.19. The second-order valence-corrected chi connectivity index (χ2v) is 9.33. The number of benzene rings is 3. The van der Waals surface area contributed by atoms with Crippen LogP contribution in [0.3, 0.4) is 0 Å². The number of ether oxygens (including phenoxy) is 1. The highest BCUT2D eigenvalue weighted by atomic mass is 35.5. The number of hydrogen-bond acceptors (Lipinski definition) is 6. The lowest BCUT2D eigenvalue weighted by Crippen LogP contribution is -2.32. The van der Waals surface area contributed by atoms with Gasteiger partial charge < -0.3 is 15.4 Å². The van der Waals surface area contributed by atoms with Crippen molar-refractivity contribution in [2.75, 3.05) is 22.1 Å². The number of amides is 3. The lowest BCUT2D eigenvalue weighted by Gasteiger charge is -2.16. The van der Waals surface area contributed by atoms with Gasteiger partial charge in [-0.3, -0.25) is 14.4 Å². The molecule has 3 aromatic rings. The molecule has 0 spiro atoms. The molecule has 38 heavy (non-hydrogen) atoms. The largest absolute Gasteiger partial charge is 0.462 e. The van der Waals surface area contributed by atoms with Gasteiger partial charge in [0.05, 0.1) is 22.9 Å². The summed E-state index contributed by atoms with van der Waals surface area (Å²) in [6.07, 6.45) is 0.696. The second-order valence-electron chi connectivity index (χ2n) is 8.11. The van der Waals surface area contributed by atoms with Crippen LogP contribution in [0.15, 0.2) is 77.5 Å². The highest BCUT2D eigenvalue weighted by Gasteiger charge is 2.39. The molecule has 1 aliphatic heterocycles. The smallest absolute Gasteiger partial charge is 0.338 e. The zero-order chi connectivity index (χ0) is 27.4. The number of halogens is 3. The Morgan fingerprint density at radius 3 is 2.26 bits per heavy atom. The molecule has 0 atom stereocenters. The normalized spacial score (nSPS) is 13.1. The van der Waals surface area contributed by atoms with Crippen LogP contribution < -0.4 is 15.5 Å². The Morgan fingerprint density at radius 1 is 0.868 bits per heavy atom. The molecule has 4 rings (SSSR count). The van der Waals surface area contributed by atoms with E-state index in [-0.39, 0.29) is 27.0 Å². The molecular formula is C27H20Cl3N3O5. The summed E-state index contributed by atoms with van der Waals surface area (Å²) in [5.74, 6) is -2.42. The molecule has 3 amide bonds. The Morgan fingerprint density at radius 2 is 1.55 bits per heavy atom. The zero-order valence-corrected chi connectivity index (χ0v) is 22.2. The van der Waals surface area contributed by atoms with E-state index in [0.717, 1.165) is 4.90 Å². The molecule has 0 bridgehead atoms. The van der Waals surface area contributed by atoms with E-state index in [9.17, 15) is 19.2 Å². The van der Waals surface area contributed by atoms with Crippen molar-refractivity contribution < 1.29 is 23.9 Å². The highest BCUT2D eigenvalue weighted by molar-refractivity contribution is 6.54. The summed E-state index contributed by atoms with van der Waals surface area (Å²) in [5, 5.41) is 5.67. The molecule has 3 aromatic carbocycles. The number of carbonyl (C=O) groups is 4. The summed E-state index contributed by atoms with van der Waals surface area (Å²) in [5.41, 5.74) is 1.27. The van der Waals surface area contributed by atoms with E-state index in [0.29, 0.717) is 35.0 Å². The molecule has 0 saturated carbocycles. The van der Waals surface area contributed by atoms with Gasteiger partial charge in [-0.2, -0.15) is 0 Å². The number of hydrogen-bond donors (Lipinski definition) is 2. The Balaban J connectivity index is 1.50. The molecule has 0 radical (unpaired) electrons. The Labute approximate surface area is 233 Å². The van der Waals surface area contributed by atoms with Crippen LogP contribution in [0, 0.1) is 0 Å². The van der Waals surface area contributed by atoms with Crippen molar-refractivity contribution in [1.29, 1.82) is 0 Å². The molecular weight excluding hydrogens is 553 g/mol. The molecule has 2 N–H and O–H groups in total. The predicted octanol–water partition coefficient (Wildman–Crippen LogP) is 6.25. The fourth-order valence-corrected chi connectivity index (χ4v) is 4.29. The van der Waals surface area contributed by atoms with Crippen molar-refractivity contribution in [1.82, 2.24) is 0 Å². The van der Waals surface area contributed by atoms with Gasteiger partial charge in [-0.25, -0.2) is 9.69 Å². The standard InChI is InChI=1S/C27H20Cl3N3O5/c1-2-11-38-27(37)16-6-4-8-19(13-16)32-24(34)15-5-3-7-18(12-15)31-23-22(30)25(35)33(26(23)36)21-10-9-17(28)14-20(21)29/h3-10,12-14,31H,2,11H2,1H3,(H,32,34). The van der Waals surface area contributed by atoms with Crippen LogP contribution in [0.2, 0.25) is 10.0 Å². The number of carbonyl (C=O) groups excluding carboxylic acids is 4. The molecule has 0 unspecified atom stereocenters. The van der Waals surface area contributed by atoms with Gasteiger partial charge in [-0.1, -0.05) is 53.9 Å². The van der Waals surface area contributed by atoms with Crippen LogP contribution in [0.1, 0.15) is 34.1 Å². The first-order chi connectivity index (χ1) is 18.2. The van der Waals surface area contributed by atoms with Crippen molar-refractivity contribution >= 4 is 75.6 Å². The molecule has 1 heterocycles. The van der Waals surface area contributed by atoms with Crippen LogP contribution in [0.25, 0.3) is 0 Å². The summed E-state index contributed by atoms with van der Waals surface area (Å²) in [4.78, 5) is 51.7. The minimum absolute atomic E-state index is 0.103. The first-order valence-electron chi connectivity index (χ1n) is 11.4. The Hall–Kier alpha value is -3.85. The minimum atomic E-state index is -0.755. The van der Waals surface area contributed by atoms with Crippen molar-refractivity contribution in [3.8, 4) is 0 Å².